The molecule has 116 valence electrons. The van der Waals surface area contributed by atoms with Crippen LogP contribution in [0.1, 0.15) is 26.3 Å². The third-order valence-corrected chi connectivity index (χ3v) is 3.38. The van der Waals surface area contributed by atoms with Crippen LogP contribution in [-0.2, 0) is 9.59 Å². The molecule has 0 bridgehead atoms. The van der Waals surface area contributed by atoms with Gasteiger partial charge in [0, 0.05) is 24.6 Å². The SMILES string of the molecule is CC(C)(C)C(=O)N1CCN(C(=O)/C=C/c2ccccc2)C1=O. The number of carbonyl (C=O) groups is 3. The van der Waals surface area contributed by atoms with Gasteiger partial charge in [0.25, 0.3) is 5.91 Å². The summed E-state index contributed by atoms with van der Waals surface area (Å²) in [5, 5.41) is 0. The van der Waals surface area contributed by atoms with Crippen LogP contribution in [0, 0.1) is 5.41 Å². The van der Waals surface area contributed by atoms with Crippen molar-refractivity contribution in [3.05, 3.63) is 42.0 Å². The average Bonchev–Trinajstić information content (AvgIpc) is 2.85. The summed E-state index contributed by atoms with van der Waals surface area (Å²) in [5.74, 6) is -0.669. The van der Waals surface area contributed by atoms with E-state index in [0.717, 1.165) is 15.4 Å². The molecule has 0 saturated carbocycles. The van der Waals surface area contributed by atoms with Gasteiger partial charge in [-0.2, -0.15) is 0 Å². The van der Waals surface area contributed by atoms with Crippen LogP contribution in [0.15, 0.2) is 36.4 Å². The molecule has 0 spiro atoms. The Morgan fingerprint density at radius 1 is 1.05 bits per heavy atom. The van der Waals surface area contributed by atoms with Crippen LogP contribution in [0.3, 0.4) is 0 Å². The van der Waals surface area contributed by atoms with E-state index in [1.807, 2.05) is 30.3 Å². The number of benzene rings is 1. The fraction of sp³-hybridized carbons (Fsp3) is 0.353. The number of hydrogen-bond donors (Lipinski definition) is 0. The largest absolute Gasteiger partial charge is 0.333 e. The highest BCUT2D eigenvalue weighted by Crippen LogP contribution is 2.21. The molecule has 1 aliphatic heterocycles. The summed E-state index contributed by atoms with van der Waals surface area (Å²) < 4.78 is 0. The topological polar surface area (TPSA) is 57.7 Å². The Bertz CT molecular complexity index is 615. The highest BCUT2D eigenvalue weighted by atomic mass is 16.2. The van der Waals surface area contributed by atoms with Crippen LogP contribution >= 0.6 is 0 Å². The molecule has 22 heavy (non-hydrogen) atoms. The maximum absolute atomic E-state index is 12.2. The molecule has 0 radical (unpaired) electrons. The lowest BCUT2D eigenvalue weighted by molar-refractivity contribution is -0.135. The van der Waals surface area contributed by atoms with E-state index < -0.39 is 17.4 Å². The predicted octanol–water partition coefficient (Wildman–Crippen LogP) is 2.54. The van der Waals surface area contributed by atoms with E-state index in [1.54, 1.807) is 26.8 Å². The number of nitrogens with zero attached hydrogens (tertiary/aromatic N) is 2. The smallest absolute Gasteiger partial charge is 0.274 e. The quantitative estimate of drug-likeness (QED) is 0.789. The molecule has 0 aliphatic carbocycles. The summed E-state index contributed by atoms with van der Waals surface area (Å²) in [6, 6.07) is 8.82. The maximum Gasteiger partial charge on any atom is 0.333 e. The van der Waals surface area contributed by atoms with Gasteiger partial charge < -0.3 is 0 Å². The Kier molecular flexibility index (Phi) is 4.45. The van der Waals surface area contributed by atoms with Gasteiger partial charge in [-0.1, -0.05) is 51.1 Å². The minimum absolute atomic E-state index is 0.235. The van der Waals surface area contributed by atoms with Crippen molar-refractivity contribution < 1.29 is 14.4 Å². The van der Waals surface area contributed by atoms with Crippen molar-refractivity contribution in [1.29, 1.82) is 0 Å². The molecule has 0 atom stereocenters. The molecule has 2 rings (SSSR count). The minimum Gasteiger partial charge on any atom is -0.274 e. The monoisotopic (exact) mass is 300 g/mol. The summed E-state index contributed by atoms with van der Waals surface area (Å²) in [5.41, 5.74) is 0.235. The Morgan fingerprint density at radius 2 is 1.64 bits per heavy atom. The van der Waals surface area contributed by atoms with E-state index in [0.29, 0.717) is 0 Å². The first-order valence-corrected chi connectivity index (χ1v) is 7.21. The summed E-state index contributed by atoms with van der Waals surface area (Å²) in [4.78, 5) is 38.8. The van der Waals surface area contributed by atoms with Gasteiger partial charge in [0.2, 0.25) is 5.91 Å². The summed E-state index contributed by atoms with van der Waals surface area (Å²) >= 11 is 0. The molecule has 5 heteroatoms. The van der Waals surface area contributed by atoms with Gasteiger partial charge in [0.15, 0.2) is 0 Å². The van der Waals surface area contributed by atoms with Crippen molar-refractivity contribution in [2.75, 3.05) is 13.1 Å². The molecule has 1 fully saturated rings. The molecule has 0 N–H and O–H groups in total. The van der Waals surface area contributed by atoms with Gasteiger partial charge in [-0.25, -0.2) is 4.79 Å². The van der Waals surface area contributed by atoms with E-state index in [2.05, 4.69) is 0 Å². The summed E-state index contributed by atoms with van der Waals surface area (Å²) in [6.45, 7) is 5.74. The molecule has 0 unspecified atom stereocenters. The van der Waals surface area contributed by atoms with Crippen LogP contribution in [-0.4, -0.2) is 40.7 Å². The van der Waals surface area contributed by atoms with Crippen molar-refractivity contribution in [2.45, 2.75) is 20.8 Å². The van der Waals surface area contributed by atoms with Gasteiger partial charge in [-0.05, 0) is 11.6 Å². The zero-order valence-electron chi connectivity index (χ0n) is 13.1. The van der Waals surface area contributed by atoms with Crippen molar-refractivity contribution in [3.63, 3.8) is 0 Å². The number of urea groups is 1. The third-order valence-electron chi connectivity index (χ3n) is 3.38. The van der Waals surface area contributed by atoms with E-state index >= 15 is 0 Å². The van der Waals surface area contributed by atoms with E-state index in [9.17, 15) is 14.4 Å². The number of imide groups is 2. The molecule has 1 aromatic carbocycles. The molecule has 4 amide bonds. The Balaban J connectivity index is 2.05. The lowest BCUT2D eigenvalue weighted by Gasteiger charge is -2.23. The van der Waals surface area contributed by atoms with E-state index in [-0.39, 0.29) is 19.0 Å². The van der Waals surface area contributed by atoms with Gasteiger partial charge in [-0.15, -0.1) is 0 Å². The second-order valence-electron chi connectivity index (χ2n) is 6.22. The number of amides is 4. The average molecular weight is 300 g/mol. The number of carbonyl (C=O) groups excluding carboxylic acids is 3. The van der Waals surface area contributed by atoms with E-state index in [1.165, 1.54) is 6.08 Å². The normalized spacial score (nSPS) is 15.7. The molecule has 1 aromatic rings. The van der Waals surface area contributed by atoms with Crippen LogP contribution in [0.4, 0.5) is 4.79 Å². The second-order valence-corrected chi connectivity index (χ2v) is 6.22. The fourth-order valence-electron chi connectivity index (χ4n) is 2.16. The number of hydrogen-bond acceptors (Lipinski definition) is 3. The van der Waals surface area contributed by atoms with Crippen LogP contribution < -0.4 is 0 Å². The maximum atomic E-state index is 12.2. The van der Waals surface area contributed by atoms with E-state index in [4.69, 9.17) is 0 Å². The first kappa shape index (κ1) is 15.9. The lowest BCUT2D eigenvalue weighted by Crippen LogP contribution is -2.43. The molecule has 0 aromatic heterocycles. The standard InChI is InChI=1S/C17H20N2O3/c1-17(2,3)15(21)19-12-11-18(16(19)22)14(20)10-9-13-7-5-4-6-8-13/h4-10H,11-12H2,1-3H3/b10-9+. The molecule has 1 aliphatic rings. The summed E-state index contributed by atoms with van der Waals surface area (Å²) in [7, 11) is 0. The highest BCUT2D eigenvalue weighted by molar-refractivity contribution is 6.08. The molecule has 1 heterocycles. The highest BCUT2D eigenvalue weighted by Gasteiger charge is 2.39. The van der Waals surface area contributed by atoms with Crippen LogP contribution in [0.25, 0.3) is 6.08 Å². The van der Waals surface area contributed by atoms with Crippen molar-refractivity contribution in [1.82, 2.24) is 9.80 Å². The van der Waals surface area contributed by atoms with Gasteiger partial charge in [0.1, 0.15) is 0 Å². The van der Waals surface area contributed by atoms with Gasteiger partial charge in [-0.3, -0.25) is 19.4 Å². The first-order valence-electron chi connectivity index (χ1n) is 7.21. The van der Waals surface area contributed by atoms with Crippen molar-refractivity contribution in [2.24, 2.45) is 5.41 Å². The molecular weight excluding hydrogens is 280 g/mol. The van der Waals surface area contributed by atoms with Crippen LogP contribution in [0.2, 0.25) is 0 Å². The van der Waals surface area contributed by atoms with Crippen molar-refractivity contribution in [3.8, 4) is 0 Å². The van der Waals surface area contributed by atoms with Gasteiger partial charge in [0.05, 0.1) is 0 Å². The first-order chi connectivity index (χ1) is 10.3. The zero-order chi connectivity index (χ0) is 16.3. The van der Waals surface area contributed by atoms with Crippen LogP contribution in [0.5, 0.6) is 0 Å². The molecular formula is C17H20N2O3. The summed E-state index contributed by atoms with van der Waals surface area (Å²) in [6.07, 6.45) is 3.02. The Labute approximate surface area is 130 Å². The van der Waals surface area contributed by atoms with Gasteiger partial charge >= 0.3 is 6.03 Å². The number of rotatable bonds is 2. The Hall–Kier alpha value is -2.43. The third kappa shape index (κ3) is 3.42. The Morgan fingerprint density at radius 3 is 2.23 bits per heavy atom. The molecule has 5 nitrogen and oxygen atoms in total. The zero-order valence-corrected chi connectivity index (χ0v) is 13.1. The lowest BCUT2D eigenvalue weighted by atomic mass is 9.95. The second kappa shape index (κ2) is 6.13. The minimum atomic E-state index is -0.644. The van der Waals surface area contributed by atoms with Crippen molar-refractivity contribution >= 4 is 23.9 Å². The molecule has 1 saturated heterocycles. The predicted molar refractivity (Wildman–Crippen MR) is 83.8 cm³/mol. The fourth-order valence-corrected chi connectivity index (χ4v) is 2.16.